The van der Waals surface area contributed by atoms with Crippen molar-refractivity contribution in [2.45, 2.75) is 19.8 Å². The van der Waals surface area contributed by atoms with Gasteiger partial charge in [-0.1, -0.05) is 23.7 Å². The molecule has 80 valence electrons. The van der Waals surface area contributed by atoms with E-state index >= 15 is 0 Å². The Kier molecular flexibility index (Phi) is 4.37. The fourth-order valence-electron chi connectivity index (χ4n) is 1.13. The van der Waals surface area contributed by atoms with Crippen LogP contribution < -0.4 is 5.32 Å². The van der Waals surface area contributed by atoms with Gasteiger partial charge in [0.1, 0.15) is 0 Å². The maximum Gasteiger partial charge on any atom is 0.224 e. The van der Waals surface area contributed by atoms with Gasteiger partial charge in [-0.15, -0.1) is 6.58 Å². The highest BCUT2D eigenvalue weighted by Gasteiger charge is 2.02. The molecule has 0 aliphatic carbocycles. The standard InChI is InChI=1S/C12H14ClNO/c1-3-4-5-12(15)14-10-7-6-9(2)11(13)8-10/h3,6-8H,1,4-5H2,2H3,(H,14,15). The Labute approximate surface area is 94.9 Å². The van der Waals surface area contributed by atoms with Crippen LogP contribution in [0.2, 0.25) is 5.02 Å². The molecule has 0 unspecified atom stereocenters. The van der Waals surface area contributed by atoms with Crippen molar-refractivity contribution in [1.82, 2.24) is 0 Å². The van der Waals surface area contributed by atoms with Crippen LogP contribution in [0.5, 0.6) is 0 Å². The first-order valence-corrected chi connectivity index (χ1v) is 5.18. The van der Waals surface area contributed by atoms with Crippen molar-refractivity contribution in [3.63, 3.8) is 0 Å². The number of hydrogen-bond acceptors (Lipinski definition) is 1. The van der Waals surface area contributed by atoms with E-state index in [0.717, 1.165) is 11.3 Å². The molecule has 0 aliphatic rings. The number of hydrogen-bond donors (Lipinski definition) is 1. The van der Waals surface area contributed by atoms with Gasteiger partial charge in [0.2, 0.25) is 5.91 Å². The van der Waals surface area contributed by atoms with Crippen molar-refractivity contribution in [1.29, 1.82) is 0 Å². The summed E-state index contributed by atoms with van der Waals surface area (Å²) in [6, 6.07) is 5.47. The van der Waals surface area contributed by atoms with Gasteiger partial charge in [-0.25, -0.2) is 0 Å². The third-order valence-corrected chi connectivity index (χ3v) is 2.44. The number of allylic oxidation sites excluding steroid dienone is 1. The van der Waals surface area contributed by atoms with Gasteiger partial charge in [-0.05, 0) is 31.0 Å². The Hall–Kier alpha value is -1.28. The van der Waals surface area contributed by atoms with Crippen molar-refractivity contribution in [2.24, 2.45) is 0 Å². The van der Waals surface area contributed by atoms with Crippen LogP contribution in [-0.4, -0.2) is 5.91 Å². The zero-order valence-corrected chi connectivity index (χ0v) is 9.47. The Morgan fingerprint density at radius 3 is 2.93 bits per heavy atom. The summed E-state index contributed by atoms with van der Waals surface area (Å²) in [5.41, 5.74) is 1.74. The molecule has 1 aromatic carbocycles. The summed E-state index contributed by atoms with van der Waals surface area (Å²) in [5, 5.41) is 3.44. The van der Waals surface area contributed by atoms with Crippen molar-refractivity contribution >= 4 is 23.2 Å². The molecule has 1 aromatic rings. The Balaban J connectivity index is 2.60. The summed E-state index contributed by atoms with van der Waals surface area (Å²) in [6.45, 7) is 5.49. The molecule has 0 radical (unpaired) electrons. The number of carbonyl (C=O) groups is 1. The predicted molar refractivity (Wildman–Crippen MR) is 64.2 cm³/mol. The first kappa shape index (κ1) is 11.8. The zero-order chi connectivity index (χ0) is 11.3. The molecule has 2 nitrogen and oxygen atoms in total. The molecule has 1 rings (SSSR count). The first-order valence-electron chi connectivity index (χ1n) is 4.80. The SMILES string of the molecule is C=CCCC(=O)Nc1ccc(C)c(Cl)c1. The Morgan fingerprint density at radius 1 is 1.60 bits per heavy atom. The predicted octanol–water partition coefficient (Wildman–Crippen LogP) is 3.55. The maximum absolute atomic E-state index is 11.4. The molecule has 0 saturated heterocycles. The van der Waals surface area contributed by atoms with Crippen LogP contribution in [0.25, 0.3) is 0 Å². The molecule has 0 fully saturated rings. The average molecular weight is 224 g/mol. The van der Waals surface area contributed by atoms with Crippen LogP contribution in [0, 0.1) is 6.92 Å². The molecule has 0 aliphatic heterocycles. The lowest BCUT2D eigenvalue weighted by atomic mass is 10.2. The largest absolute Gasteiger partial charge is 0.326 e. The monoisotopic (exact) mass is 223 g/mol. The normalized spacial score (nSPS) is 9.73. The molecule has 0 aromatic heterocycles. The molecule has 1 N–H and O–H groups in total. The van der Waals surface area contributed by atoms with E-state index in [-0.39, 0.29) is 5.91 Å². The first-order chi connectivity index (χ1) is 7.13. The quantitative estimate of drug-likeness (QED) is 0.778. The Morgan fingerprint density at radius 2 is 2.33 bits per heavy atom. The average Bonchev–Trinajstić information content (AvgIpc) is 2.20. The van der Waals surface area contributed by atoms with Gasteiger partial charge in [0.15, 0.2) is 0 Å². The number of nitrogens with one attached hydrogen (secondary N) is 1. The van der Waals surface area contributed by atoms with Crippen LogP contribution >= 0.6 is 11.6 Å². The van der Waals surface area contributed by atoms with E-state index in [1.165, 1.54) is 0 Å². The molecule has 0 saturated carbocycles. The van der Waals surface area contributed by atoms with Crippen molar-refractivity contribution in [3.8, 4) is 0 Å². The highest BCUT2D eigenvalue weighted by Crippen LogP contribution is 2.20. The minimum Gasteiger partial charge on any atom is -0.326 e. The van der Waals surface area contributed by atoms with E-state index in [1.807, 2.05) is 19.1 Å². The Bertz CT molecular complexity index is 374. The summed E-state index contributed by atoms with van der Waals surface area (Å²) in [6.07, 6.45) is 2.86. The summed E-state index contributed by atoms with van der Waals surface area (Å²) in [5.74, 6) is -0.0187. The number of aryl methyl sites for hydroxylation is 1. The molecular formula is C12H14ClNO. The second-order valence-corrected chi connectivity index (χ2v) is 3.75. The lowest BCUT2D eigenvalue weighted by Crippen LogP contribution is -2.10. The van der Waals surface area contributed by atoms with Gasteiger partial charge in [0, 0.05) is 17.1 Å². The molecule has 15 heavy (non-hydrogen) atoms. The summed E-state index contributed by atoms with van der Waals surface area (Å²) in [4.78, 5) is 11.4. The van der Waals surface area contributed by atoms with Crippen molar-refractivity contribution < 1.29 is 4.79 Å². The van der Waals surface area contributed by atoms with E-state index in [4.69, 9.17) is 11.6 Å². The summed E-state index contributed by atoms with van der Waals surface area (Å²) in [7, 11) is 0. The molecule has 0 spiro atoms. The van der Waals surface area contributed by atoms with Crippen LogP contribution in [0.4, 0.5) is 5.69 Å². The van der Waals surface area contributed by atoms with Crippen molar-refractivity contribution in [3.05, 3.63) is 41.4 Å². The van der Waals surface area contributed by atoms with Gasteiger partial charge in [-0.2, -0.15) is 0 Å². The minimum absolute atomic E-state index is 0.0187. The summed E-state index contributed by atoms with van der Waals surface area (Å²) >= 11 is 5.93. The molecular weight excluding hydrogens is 210 g/mol. The fraction of sp³-hybridized carbons (Fsp3) is 0.250. The highest BCUT2D eigenvalue weighted by molar-refractivity contribution is 6.31. The number of carbonyl (C=O) groups excluding carboxylic acids is 1. The van der Waals surface area contributed by atoms with E-state index in [1.54, 1.807) is 12.1 Å². The van der Waals surface area contributed by atoms with Gasteiger partial charge in [0.25, 0.3) is 0 Å². The third-order valence-electron chi connectivity index (χ3n) is 2.03. The van der Waals surface area contributed by atoms with Crippen LogP contribution in [0.1, 0.15) is 18.4 Å². The van der Waals surface area contributed by atoms with Crippen molar-refractivity contribution in [2.75, 3.05) is 5.32 Å². The molecule has 0 heterocycles. The van der Waals surface area contributed by atoms with Crippen LogP contribution in [0.3, 0.4) is 0 Å². The second-order valence-electron chi connectivity index (χ2n) is 3.34. The zero-order valence-electron chi connectivity index (χ0n) is 8.72. The lowest BCUT2D eigenvalue weighted by molar-refractivity contribution is -0.116. The highest BCUT2D eigenvalue weighted by atomic mass is 35.5. The smallest absolute Gasteiger partial charge is 0.224 e. The second kappa shape index (κ2) is 5.56. The maximum atomic E-state index is 11.4. The number of halogens is 1. The molecule has 0 atom stereocenters. The summed E-state index contributed by atoms with van der Waals surface area (Å²) < 4.78 is 0. The van der Waals surface area contributed by atoms with E-state index in [9.17, 15) is 4.79 Å². The molecule has 3 heteroatoms. The van der Waals surface area contributed by atoms with Gasteiger partial charge in [0.05, 0.1) is 0 Å². The van der Waals surface area contributed by atoms with E-state index in [2.05, 4.69) is 11.9 Å². The molecule has 1 amide bonds. The number of amides is 1. The van der Waals surface area contributed by atoms with E-state index < -0.39 is 0 Å². The number of rotatable bonds is 4. The third kappa shape index (κ3) is 3.76. The fourth-order valence-corrected chi connectivity index (χ4v) is 1.31. The van der Waals surface area contributed by atoms with Crippen LogP contribution in [0.15, 0.2) is 30.9 Å². The number of benzene rings is 1. The lowest BCUT2D eigenvalue weighted by Gasteiger charge is -2.05. The van der Waals surface area contributed by atoms with Crippen LogP contribution in [-0.2, 0) is 4.79 Å². The number of anilines is 1. The van der Waals surface area contributed by atoms with E-state index in [0.29, 0.717) is 17.9 Å². The van der Waals surface area contributed by atoms with Gasteiger partial charge >= 0.3 is 0 Å². The van der Waals surface area contributed by atoms with Gasteiger partial charge in [-0.3, -0.25) is 4.79 Å². The minimum atomic E-state index is -0.0187. The van der Waals surface area contributed by atoms with Gasteiger partial charge < -0.3 is 5.32 Å². The topological polar surface area (TPSA) is 29.1 Å². The molecule has 0 bridgehead atoms.